The van der Waals surface area contributed by atoms with Gasteiger partial charge in [0, 0.05) is 10.2 Å². The van der Waals surface area contributed by atoms with E-state index in [1.807, 2.05) is 0 Å². The van der Waals surface area contributed by atoms with Crippen LogP contribution in [-0.4, -0.2) is 11.2 Å². The predicted octanol–water partition coefficient (Wildman–Crippen LogP) is 2.36. The lowest BCUT2D eigenvalue weighted by Gasteiger charge is -2.05. The van der Waals surface area contributed by atoms with E-state index in [1.54, 1.807) is 18.2 Å². The second kappa shape index (κ2) is 4.62. The highest BCUT2D eigenvalue weighted by atomic mass is 79.9. The molecule has 1 aromatic rings. The Hall–Kier alpha value is -0.550. The first-order valence-corrected chi connectivity index (χ1v) is 5.46. The molecule has 0 atom stereocenters. The Kier molecular flexibility index (Phi) is 3.74. The zero-order valence-electron chi connectivity index (χ0n) is 6.68. The maximum atomic E-state index is 11.0. The van der Waals surface area contributed by atoms with Crippen LogP contribution in [0.15, 0.2) is 22.7 Å². The van der Waals surface area contributed by atoms with E-state index < -0.39 is 0 Å². The van der Waals surface area contributed by atoms with Crippen LogP contribution in [0.2, 0.25) is 0 Å². The zero-order valence-corrected chi connectivity index (χ0v) is 9.85. The summed E-state index contributed by atoms with van der Waals surface area (Å²) < 4.78 is 0.779. The SMILES string of the molecule is Nc1ccc(NC(=O)CBr)c(Br)c1. The van der Waals surface area contributed by atoms with E-state index in [1.165, 1.54) is 0 Å². The minimum atomic E-state index is -0.0922. The van der Waals surface area contributed by atoms with Gasteiger partial charge in [-0.25, -0.2) is 0 Å². The maximum absolute atomic E-state index is 11.0. The molecule has 0 unspecified atom stereocenters. The third-order valence-corrected chi connectivity index (χ3v) is 2.55. The summed E-state index contributed by atoms with van der Waals surface area (Å²) in [6, 6.07) is 5.22. The average Bonchev–Trinajstić information content (AvgIpc) is 2.09. The first kappa shape index (κ1) is 10.5. The monoisotopic (exact) mass is 306 g/mol. The summed E-state index contributed by atoms with van der Waals surface area (Å²) in [5, 5.41) is 2.98. The summed E-state index contributed by atoms with van der Waals surface area (Å²) in [4.78, 5) is 11.0. The van der Waals surface area contributed by atoms with Gasteiger partial charge in [-0.15, -0.1) is 0 Å². The number of amides is 1. The van der Waals surface area contributed by atoms with Crippen molar-refractivity contribution in [3.8, 4) is 0 Å². The van der Waals surface area contributed by atoms with Gasteiger partial charge in [0.2, 0.25) is 5.91 Å². The van der Waals surface area contributed by atoms with Crippen molar-refractivity contribution in [2.45, 2.75) is 0 Å². The van der Waals surface area contributed by atoms with E-state index in [9.17, 15) is 4.79 Å². The molecule has 3 nitrogen and oxygen atoms in total. The second-order valence-electron chi connectivity index (χ2n) is 2.42. The number of carbonyl (C=O) groups is 1. The number of alkyl halides is 1. The van der Waals surface area contributed by atoms with E-state index in [-0.39, 0.29) is 11.2 Å². The van der Waals surface area contributed by atoms with Gasteiger partial charge in [-0.1, -0.05) is 15.9 Å². The molecule has 0 radical (unpaired) electrons. The number of carbonyl (C=O) groups excluding carboxylic acids is 1. The Morgan fingerprint density at radius 3 is 2.77 bits per heavy atom. The minimum absolute atomic E-state index is 0.0922. The Morgan fingerprint density at radius 2 is 2.23 bits per heavy atom. The van der Waals surface area contributed by atoms with Crippen molar-refractivity contribution in [3.05, 3.63) is 22.7 Å². The summed E-state index contributed by atoms with van der Waals surface area (Å²) in [6.45, 7) is 0. The molecule has 0 aliphatic heterocycles. The molecule has 0 aliphatic rings. The molecule has 0 bridgehead atoms. The molecule has 5 heteroatoms. The van der Waals surface area contributed by atoms with E-state index >= 15 is 0 Å². The first-order chi connectivity index (χ1) is 6.13. The minimum Gasteiger partial charge on any atom is -0.399 e. The number of halogens is 2. The van der Waals surface area contributed by atoms with Crippen molar-refractivity contribution >= 4 is 49.1 Å². The van der Waals surface area contributed by atoms with Gasteiger partial charge in [0.1, 0.15) is 0 Å². The Bertz CT molecular complexity index is 328. The van der Waals surface area contributed by atoms with Crippen molar-refractivity contribution < 1.29 is 4.79 Å². The van der Waals surface area contributed by atoms with Crippen LogP contribution in [0.5, 0.6) is 0 Å². The van der Waals surface area contributed by atoms with Crippen molar-refractivity contribution in [3.63, 3.8) is 0 Å². The third kappa shape index (κ3) is 3.00. The quantitative estimate of drug-likeness (QED) is 0.651. The van der Waals surface area contributed by atoms with Gasteiger partial charge >= 0.3 is 0 Å². The molecule has 1 aromatic carbocycles. The van der Waals surface area contributed by atoms with Crippen LogP contribution >= 0.6 is 31.9 Å². The fourth-order valence-electron chi connectivity index (χ4n) is 0.816. The highest BCUT2D eigenvalue weighted by Crippen LogP contribution is 2.24. The van der Waals surface area contributed by atoms with Crippen LogP contribution in [0.4, 0.5) is 11.4 Å². The van der Waals surface area contributed by atoms with Gasteiger partial charge < -0.3 is 11.1 Å². The molecule has 0 saturated heterocycles. The lowest BCUT2D eigenvalue weighted by atomic mass is 10.3. The second-order valence-corrected chi connectivity index (χ2v) is 3.84. The summed E-state index contributed by atoms with van der Waals surface area (Å²) in [5.74, 6) is -0.0922. The van der Waals surface area contributed by atoms with Gasteiger partial charge in [0.15, 0.2) is 0 Å². The van der Waals surface area contributed by atoms with Gasteiger partial charge in [-0.3, -0.25) is 4.79 Å². The van der Waals surface area contributed by atoms with E-state index in [0.29, 0.717) is 5.69 Å². The number of nitrogens with one attached hydrogen (secondary N) is 1. The van der Waals surface area contributed by atoms with Crippen LogP contribution in [0.25, 0.3) is 0 Å². The zero-order chi connectivity index (χ0) is 9.84. The van der Waals surface area contributed by atoms with Gasteiger partial charge in [0.05, 0.1) is 11.0 Å². The highest BCUT2D eigenvalue weighted by Gasteiger charge is 2.03. The molecule has 3 N–H and O–H groups in total. The molecule has 70 valence electrons. The molecule has 1 rings (SSSR count). The summed E-state index contributed by atoms with van der Waals surface area (Å²) in [6.07, 6.45) is 0. The topological polar surface area (TPSA) is 55.1 Å². The Balaban J connectivity index is 2.83. The molecular formula is C8H8Br2N2O. The number of hydrogen-bond donors (Lipinski definition) is 2. The van der Waals surface area contributed by atoms with Crippen LogP contribution in [-0.2, 0) is 4.79 Å². The lowest BCUT2D eigenvalue weighted by molar-refractivity contribution is -0.113. The van der Waals surface area contributed by atoms with E-state index in [2.05, 4.69) is 37.2 Å². The molecule has 0 heterocycles. The van der Waals surface area contributed by atoms with Gasteiger partial charge in [-0.05, 0) is 34.1 Å². The summed E-state index contributed by atoms with van der Waals surface area (Å²) in [7, 11) is 0. The molecule has 1 amide bonds. The molecule has 0 fully saturated rings. The maximum Gasteiger partial charge on any atom is 0.235 e. The fourth-order valence-corrected chi connectivity index (χ4v) is 1.45. The van der Waals surface area contributed by atoms with E-state index in [0.717, 1.165) is 10.2 Å². The number of benzene rings is 1. The lowest BCUT2D eigenvalue weighted by Crippen LogP contribution is -2.12. The number of nitrogens with two attached hydrogens (primary N) is 1. The Morgan fingerprint density at radius 1 is 1.54 bits per heavy atom. The molecular weight excluding hydrogens is 300 g/mol. The van der Waals surface area contributed by atoms with Crippen molar-refractivity contribution in [1.82, 2.24) is 0 Å². The normalized spacial score (nSPS) is 9.69. The van der Waals surface area contributed by atoms with Crippen molar-refractivity contribution in [2.24, 2.45) is 0 Å². The van der Waals surface area contributed by atoms with Crippen molar-refractivity contribution in [1.29, 1.82) is 0 Å². The highest BCUT2D eigenvalue weighted by molar-refractivity contribution is 9.10. The summed E-state index contributed by atoms with van der Waals surface area (Å²) in [5.41, 5.74) is 6.92. The molecule has 0 saturated carbocycles. The number of rotatable bonds is 2. The van der Waals surface area contributed by atoms with Crippen LogP contribution in [0.3, 0.4) is 0 Å². The Labute approximate surface area is 92.9 Å². The van der Waals surface area contributed by atoms with Crippen LogP contribution < -0.4 is 11.1 Å². The number of nitrogen functional groups attached to an aromatic ring is 1. The van der Waals surface area contributed by atoms with Crippen molar-refractivity contribution in [2.75, 3.05) is 16.4 Å². The average molecular weight is 308 g/mol. The van der Waals surface area contributed by atoms with Gasteiger partial charge in [-0.2, -0.15) is 0 Å². The molecule has 0 aromatic heterocycles. The summed E-state index contributed by atoms with van der Waals surface area (Å²) >= 11 is 6.35. The number of anilines is 2. The molecule has 0 aliphatic carbocycles. The first-order valence-electron chi connectivity index (χ1n) is 3.54. The smallest absolute Gasteiger partial charge is 0.235 e. The van der Waals surface area contributed by atoms with Gasteiger partial charge in [0.25, 0.3) is 0 Å². The van der Waals surface area contributed by atoms with E-state index in [4.69, 9.17) is 5.73 Å². The standard InChI is InChI=1S/C8H8Br2N2O/c9-4-8(13)12-7-2-1-5(11)3-6(7)10/h1-3H,4,11H2,(H,12,13). The predicted molar refractivity (Wildman–Crippen MR) is 61.0 cm³/mol. The molecule has 0 spiro atoms. The fraction of sp³-hybridized carbons (Fsp3) is 0.125. The van der Waals surface area contributed by atoms with Crippen LogP contribution in [0, 0.1) is 0 Å². The third-order valence-electron chi connectivity index (χ3n) is 1.39. The van der Waals surface area contributed by atoms with Crippen LogP contribution in [0.1, 0.15) is 0 Å². The molecule has 13 heavy (non-hydrogen) atoms. The largest absolute Gasteiger partial charge is 0.399 e. The number of hydrogen-bond acceptors (Lipinski definition) is 2.